The van der Waals surface area contributed by atoms with Crippen LogP contribution in [0, 0.1) is 0 Å². The molecule has 0 unspecified atom stereocenters. The highest BCUT2D eigenvalue weighted by atomic mass is 32.2. The third-order valence-electron chi connectivity index (χ3n) is 4.01. The molecule has 0 fully saturated rings. The van der Waals surface area contributed by atoms with Gasteiger partial charge in [0.05, 0.1) is 11.3 Å². The zero-order valence-electron chi connectivity index (χ0n) is 16.9. The van der Waals surface area contributed by atoms with Crippen LogP contribution in [-0.2, 0) is 4.79 Å². The van der Waals surface area contributed by atoms with Gasteiger partial charge in [-0.05, 0) is 50.2 Å². The predicted octanol–water partition coefficient (Wildman–Crippen LogP) is 5.35. The maximum atomic E-state index is 12.9. The van der Waals surface area contributed by atoms with Crippen molar-refractivity contribution < 1.29 is 14.3 Å². The molecule has 3 aromatic rings. The maximum absolute atomic E-state index is 12.9. The van der Waals surface area contributed by atoms with Crippen LogP contribution in [0.4, 0.5) is 5.69 Å². The molecule has 30 heavy (non-hydrogen) atoms. The highest BCUT2D eigenvalue weighted by Crippen LogP contribution is 2.26. The molecule has 0 aliphatic rings. The van der Waals surface area contributed by atoms with Gasteiger partial charge >= 0.3 is 0 Å². The quantitative estimate of drug-likeness (QED) is 0.482. The van der Waals surface area contributed by atoms with Crippen LogP contribution in [-0.4, -0.2) is 23.6 Å². The van der Waals surface area contributed by atoms with E-state index >= 15 is 0 Å². The van der Waals surface area contributed by atoms with Crippen LogP contribution in [0.15, 0.2) is 83.8 Å². The minimum atomic E-state index is -0.237. The number of carbonyl (C=O) groups is 2. The molecule has 2 N–H and O–H groups in total. The van der Waals surface area contributed by atoms with E-state index in [2.05, 4.69) is 10.6 Å². The summed E-state index contributed by atoms with van der Waals surface area (Å²) < 4.78 is 5.83. The van der Waals surface area contributed by atoms with Gasteiger partial charge in [-0.2, -0.15) is 0 Å². The lowest BCUT2D eigenvalue weighted by Gasteiger charge is -2.12. The first-order valence-electron chi connectivity index (χ1n) is 9.67. The van der Waals surface area contributed by atoms with E-state index in [1.54, 1.807) is 12.1 Å². The van der Waals surface area contributed by atoms with Crippen LogP contribution in [0.2, 0.25) is 0 Å². The molecule has 154 valence electrons. The normalized spacial score (nSPS) is 10.5. The Bertz CT molecular complexity index is 1010. The zero-order valence-corrected chi connectivity index (χ0v) is 17.7. The van der Waals surface area contributed by atoms with E-state index in [0.29, 0.717) is 17.0 Å². The van der Waals surface area contributed by atoms with Crippen LogP contribution < -0.4 is 15.4 Å². The van der Waals surface area contributed by atoms with E-state index in [1.165, 1.54) is 11.8 Å². The van der Waals surface area contributed by atoms with Crippen LogP contribution in [0.25, 0.3) is 0 Å². The van der Waals surface area contributed by atoms with Crippen molar-refractivity contribution in [1.29, 1.82) is 0 Å². The van der Waals surface area contributed by atoms with Crippen LogP contribution in [0.3, 0.4) is 0 Å². The smallest absolute Gasteiger partial charge is 0.256 e. The first-order valence-corrected chi connectivity index (χ1v) is 10.7. The molecule has 5 nitrogen and oxygen atoms in total. The fourth-order valence-corrected chi connectivity index (χ4v) is 3.61. The monoisotopic (exact) mass is 420 g/mol. The van der Waals surface area contributed by atoms with Gasteiger partial charge in [-0.25, -0.2) is 0 Å². The number of thioether (sulfide) groups is 1. The van der Waals surface area contributed by atoms with Gasteiger partial charge in [-0.1, -0.05) is 36.4 Å². The Morgan fingerprint density at radius 1 is 0.900 bits per heavy atom. The summed E-state index contributed by atoms with van der Waals surface area (Å²) in [7, 11) is 0. The Morgan fingerprint density at radius 2 is 1.60 bits per heavy atom. The highest BCUT2D eigenvalue weighted by Gasteiger charge is 2.14. The van der Waals surface area contributed by atoms with Crippen molar-refractivity contribution in [1.82, 2.24) is 5.32 Å². The maximum Gasteiger partial charge on any atom is 0.256 e. The van der Waals surface area contributed by atoms with Gasteiger partial charge in [-0.15, -0.1) is 11.8 Å². The average Bonchev–Trinajstić information content (AvgIpc) is 2.73. The summed E-state index contributed by atoms with van der Waals surface area (Å²) >= 11 is 1.34. The van der Waals surface area contributed by atoms with E-state index in [4.69, 9.17) is 4.74 Å². The lowest BCUT2D eigenvalue weighted by molar-refractivity contribution is -0.119. The van der Waals surface area contributed by atoms with Crippen LogP contribution in [0.1, 0.15) is 24.2 Å². The second-order valence-electron chi connectivity index (χ2n) is 6.90. The molecule has 2 amide bonds. The zero-order chi connectivity index (χ0) is 21.3. The summed E-state index contributed by atoms with van der Waals surface area (Å²) in [5.41, 5.74) is 1.15. The molecule has 0 spiro atoms. The minimum absolute atomic E-state index is 0.0593. The molecule has 0 aromatic heterocycles. The average molecular weight is 421 g/mol. The fourth-order valence-electron chi connectivity index (χ4n) is 2.75. The second-order valence-corrected chi connectivity index (χ2v) is 7.92. The number of ether oxygens (including phenoxy) is 1. The molecule has 0 radical (unpaired) electrons. The Hall–Kier alpha value is -3.25. The first-order chi connectivity index (χ1) is 14.5. The highest BCUT2D eigenvalue weighted by molar-refractivity contribution is 8.00. The van der Waals surface area contributed by atoms with Crippen molar-refractivity contribution in [2.75, 3.05) is 11.1 Å². The summed E-state index contributed by atoms with van der Waals surface area (Å²) in [5.74, 6) is 1.31. The molecule has 0 saturated carbocycles. The van der Waals surface area contributed by atoms with E-state index in [9.17, 15) is 9.59 Å². The van der Waals surface area contributed by atoms with Crippen molar-refractivity contribution in [3.8, 4) is 11.5 Å². The fraction of sp³-hybridized carbons (Fsp3) is 0.167. The number of carbonyl (C=O) groups excluding carboxylic acids is 2. The summed E-state index contributed by atoms with van der Waals surface area (Å²) in [6.45, 7) is 3.83. The van der Waals surface area contributed by atoms with Gasteiger partial charge < -0.3 is 15.4 Å². The SMILES string of the molecule is CC(C)NC(=O)CSc1ccccc1C(=O)Nc1cccc(Oc2ccccc2)c1. The molecule has 0 bridgehead atoms. The number of amides is 2. The van der Waals surface area contributed by atoms with Crippen molar-refractivity contribution in [2.45, 2.75) is 24.8 Å². The first kappa shape index (κ1) is 21.5. The van der Waals surface area contributed by atoms with E-state index in [1.807, 2.05) is 80.6 Å². The Morgan fingerprint density at radius 3 is 2.37 bits per heavy atom. The molecular weight excluding hydrogens is 396 g/mol. The molecule has 3 aromatic carbocycles. The van der Waals surface area contributed by atoms with E-state index in [-0.39, 0.29) is 23.6 Å². The molecule has 0 aliphatic carbocycles. The summed E-state index contributed by atoms with van der Waals surface area (Å²) in [6, 6.07) is 24.0. The van der Waals surface area contributed by atoms with E-state index < -0.39 is 0 Å². The van der Waals surface area contributed by atoms with Crippen molar-refractivity contribution in [3.63, 3.8) is 0 Å². The number of para-hydroxylation sites is 1. The van der Waals surface area contributed by atoms with Crippen molar-refractivity contribution in [3.05, 3.63) is 84.4 Å². The predicted molar refractivity (Wildman–Crippen MR) is 121 cm³/mol. The lowest BCUT2D eigenvalue weighted by atomic mass is 10.2. The van der Waals surface area contributed by atoms with Gasteiger partial charge in [0.1, 0.15) is 11.5 Å². The number of hydrogen-bond acceptors (Lipinski definition) is 4. The van der Waals surface area contributed by atoms with Crippen molar-refractivity contribution >= 4 is 29.3 Å². The number of anilines is 1. The molecule has 6 heteroatoms. The summed E-state index contributed by atoms with van der Waals surface area (Å²) in [5, 5.41) is 5.77. The number of benzene rings is 3. The molecule has 0 atom stereocenters. The Balaban J connectivity index is 1.67. The largest absolute Gasteiger partial charge is 0.457 e. The molecule has 0 saturated heterocycles. The number of rotatable bonds is 8. The van der Waals surface area contributed by atoms with Gasteiger partial charge in [-0.3, -0.25) is 9.59 Å². The van der Waals surface area contributed by atoms with Crippen LogP contribution >= 0.6 is 11.8 Å². The van der Waals surface area contributed by atoms with Gasteiger partial charge in [0, 0.05) is 22.7 Å². The Kier molecular flexibility index (Phi) is 7.51. The molecule has 0 heterocycles. The van der Waals surface area contributed by atoms with Crippen molar-refractivity contribution in [2.24, 2.45) is 0 Å². The summed E-state index contributed by atoms with van der Waals surface area (Å²) in [4.78, 5) is 25.6. The molecule has 3 rings (SSSR count). The third-order valence-corrected chi connectivity index (χ3v) is 5.08. The number of nitrogens with one attached hydrogen (secondary N) is 2. The van der Waals surface area contributed by atoms with Gasteiger partial charge in [0.2, 0.25) is 5.91 Å². The minimum Gasteiger partial charge on any atom is -0.457 e. The molecular formula is C24H24N2O3S. The van der Waals surface area contributed by atoms with Gasteiger partial charge in [0.15, 0.2) is 0 Å². The third kappa shape index (κ3) is 6.39. The topological polar surface area (TPSA) is 67.4 Å². The second kappa shape index (κ2) is 10.5. The van der Waals surface area contributed by atoms with Crippen LogP contribution in [0.5, 0.6) is 11.5 Å². The van der Waals surface area contributed by atoms with Gasteiger partial charge in [0.25, 0.3) is 5.91 Å². The standard InChI is InChI=1S/C24H24N2O3S/c1-17(2)25-23(27)16-30-22-14-7-6-13-21(22)24(28)26-18-9-8-12-20(15-18)29-19-10-4-3-5-11-19/h3-15,17H,16H2,1-2H3,(H,25,27)(H,26,28). The molecule has 0 aliphatic heterocycles. The summed E-state index contributed by atoms with van der Waals surface area (Å²) in [6.07, 6.45) is 0. The number of hydrogen-bond donors (Lipinski definition) is 2. The Labute approximate surface area is 180 Å². The lowest BCUT2D eigenvalue weighted by Crippen LogP contribution is -2.31. The van der Waals surface area contributed by atoms with E-state index in [0.717, 1.165) is 10.6 Å².